The van der Waals surface area contributed by atoms with Gasteiger partial charge in [-0.15, -0.1) is 0 Å². The minimum atomic E-state index is -0.448. The maximum atomic E-state index is 11.5. The van der Waals surface area contributed by atoms with Crippen molar-refractivity contribution in [1.29, 1.82) is 5.26 Å². The first-order valence-corrected chi connectivity index (χ1v) is 6.33. The summed E-state index contributed by atoms with van der Waals surface area (Å²) in [6.45, 7) is 4.26. The molecule has 5 nitrogen and oxygen atoms in total. The van der Waals surface area contributed by atoms with Crippen molar-refractivity contribution >= 4 is 11.6 Å². The summed E-state index contributed by atoms with van der Waals surface area (Å²) in [5, 5.41) is 14.6. The summed E-state index contributed by atoms with van der Waals surface area (Å²) < 4.78 is 5.49. The molecule has 1 aliphatic heterocycles. The number of hydrogen-bond acceptors (Lipinski definition) is 4. The smallest absolute Gasteiger partial charge is 0.265 e. The Bertz CT molecular complexity index is 522. The Morgan fingerprint density at radius 3 is 3.11 bits per heavy atom. The highest BCUT2D eigenvalue weighted by atomic mass is 16.5. The van der Waals surface area contributed by atoms with Gasteiger partial charge in [-0.1, -0.05) is 6.07 Å². The lowest BCUT2D eigenvalue weighted by molar-refractivity contribution is -0.122. The van der Waals surface area contributed by atoms with Crippen LogP contribution in [0.4, 0.5) is 5.69 Å². The van der Waals surface area contributed by atoms with Crippen LogP contribution in [0.3, 0.4) is 0 Å². The molecule has 1 heterocycles. The first-order chi connectivity index (χ1) is 9.10. The Kier molecular flexibility index (Phi) is 4.03. The van der Waals surface area contributed by atoms with E-state index < -0.39 is 6.10 Å². The van der Waals surface area contributed by atoms with Gasteiger partial charge in [-0.2, -0.15) is 5.26 Å². The van der Waals surface area contributed by atoms with E-state index in [2.05, 4.69) is 16.7 Å². The van der Waals surface area contributed by atoms with E-state index in [1.165, 1.54) is 0 Å². The molecule has 100 valence electrons. The van der Waals surface area contributed by atoms with Gasteiger partial charge in [0.1, 0.15) is 5.75 Å². The maximum absolute atomic E-state index is 11.5. The molecule has 1 amide bonds. The lowest BCUT2D eigenvalue weighted by atomic mass is 10.1. The number of carbonyl (C=O) groups is 1. The van der Waals surface area contributed by atoms with Crippen molar-refractivity contribution in [1.82, 2.24) is 5.32 Å². The summed E-state index contributed by atoms with van der Waals surface area (Å²) in [5.41, 5.74) is 1.81. The highest BCUT2D eigenvalue weighted by Crippen LogP contribution is 2.30. The van der Waals surface area contributed by atoms with Crippen LogP contribution < -0.4 is 15.4 Å². The summed E-state index contributed by atoms with van der Waals surface area (Å²) >= 11 is 0. The maximum Gasteiger partial charge on any atom is 0.265 e. The van der Waals surface area contributed by atoms with Crippen LogP contribution in [0.25, 0.3) is 0 Å². The van der Waals surface area contributed by atoms with E-state index in [1.807, 2.05) is 25.1 Å². The van der Waals surface area contributed by atoms with Crippen LogP contribution in [0, 0.1) is 11.3 Å². The van der Waals surface area contributed by atoms with E-state index in [0.717, 1.165) is 18.5 Å². The highest BCUT2D eigenvalue weighted by molar-refractivity contribution is 5.97. The Hall–Kier alpha value is -2.06. The van der Waals surface area contributed by atoms with Crippen LogP contribution in [0.1, 0.15) is 19.4 Å². The third kappa shape index (κ3) is 3.24. The number of amides is 1. The number of fused-ring (bicyclic) bond motifs is 1. The quantitative estimate of drug-likeness (QED) is 0.858. The Labute approximate surface area is 112 Å². The van der Waals surface area contributed by atoms with Crippen molar-refractivity contribution in [2.75, 3.05) is 11.9 Å². The minimum absolute atomic E-state index is 0.124. The fourth-order valence-corrected chi connectivity index (χ4v) is 1.89. The van der Waals surface area contributed by atoms with Crippen LogP contribution in [0.5, 0.6) is 5.75 Å². The van der Waals surface area contributed by atoms with Crippen molar-refractivity contribution < 1.29 is 9.53 Å². The van der Waals surface area contributed by atoms with Crippen LogP contribution in [-0.4, -0.2) is 24.6 Å². The number of nitrogens with one attached hydrogen (secondary N) is 2. The average Bonchev–Trinajstić information content (AvgIpc) is 2.40. The number of nitriles is 1. The van der Waals surface area contributed by atoms with Crippen LogP contribution in [-0.2, 0) is 11.2 Å². The molecule has 0 saturated heterocycles. The second-order valence-electron chi connectivity index (χ2n) is 4.63. The molecule has 0 fully saturated rings. The van der Waals surface area contributed by atoms with Crippen LogP contribution in [0.2, 0.25) is 0 Å². The van der Waals surface area contributed by atoms with Crippen molar-refractivity contribution in [3.8, 4) is 11.8 Å². The summed E-state index contributed by atoms with van der Waals surface area (Å²) in [4.78, 5) is 11.5. The molecular weight excluding hydrogens is 242 g/mol. The molecule has 5 heteroatoms. The number of nitrogens with zero attached hydrogens (tertiary/aromatic N) is 1. The topological polar surface area (TPSA) is 74.2 Å². The first kappa shape index (κ1) is 13.4. The Balaban J connectivity index is 2.00. The predicted octanol–water partition coefficient (Wildman–Crippen LogP) is 1.45. The van der Waals surface area contributed by atoms with Gasteiger partial charge < -0.3 is 15.4 Å². The molecule has 1 aromatic rings. The second-order valence-corrected chi connectivity index (χ2v) is 4.63. The van der Waals surface area contributed by atoms with Crippen molar-refractivity contribution in [2.24, 2.45) is 0 Å². The SMILES string of the molecule is CC(C#N)NCCc1ccc2c(c1)NC(=O)C(C)O2. The molecule has 2 atom stereocenters. The van der Waals surface area contributed by atoms with Gasteiger partial charge >= 0.3 is 0 Å². The van der Waals surface area contributed by atoms with Gasteiger partial charge in [-0.05, 0) is 38.0 Å². The molecule has 0 aromatic heterocycles. The highest BCUT2D eigenvalue weighted by Gasteiger charge is 2.23. The van der Waals surface area contributed by atoms with E-state index in [-0.39, 0.29) is 11.9 Å². The van der Waals surface area contributed by atoms with Gasteiger partial charge in [0, 0.05) is 6.54 Å². The number of anilines is 1. The molecule has 0 saturated carbocycles. The average molecular weight is 259 g/mol. The standard InChI is InChI=1S/C14H17N3O2/c1-9(8-15)16-6-5-11-3-4-13-12(7-11)17-14(18)10(2)19-13/h3-4,7,9-10,16H,5-6H2,1-2H3,(H,17,18). The van der Waals surface area contributed by atoms with Gasteiger partial charge in [0.05, 0.1) is 17.8 Å². The first-order valence-electron chi connectivity index (χ1n) is 6.33. The fourth-order valence-electron chi connectivity index (χ4n) is 1.89. The van der Waals surface area contributed by atoms with E-state index in [1.54, 1.807) is 6.92 Å². The molecule has 2 N–H and O–H groups in total. The lowest BCUT2D eigenvalue weighted by Crippen LogP contribution is -2.34. The second kappa shape index (κ2) is 5.72. The van der Waals surface area contributed by atoms with Crippen molar-refractivity contribution in [2.45, 2.75) is 32.4 Å². The van der Waals surface area contributed by atoms with E-state index in [4.69, 9.17) is 10.00 Å². The van der Waals surface area contributed by atoms with Gasteiger partial charge in [0.25, 0.3) is 5.91 Å². The largest absolute Gasteiger partial charge is 0.479 e. The van der Waals surface area contributed by atoms with Gasteiger partial charge in [-0.3, -0.25) is 4.79 Å². The molecule has 1 aromatic carbocycles. The summed E-state index contributed by atoms with van der Waals surface area (Å²) in [7, 11) is 0. The summed E-state index contributed by atoms with van der Waals surface area (Å²) in [6.07, 6.45) is 0.349. The van der Waals surface area contributed by atoms with Crippen LogP contribution in [0.15, 0.2) is 18.2 Å². The third-order valence-electron chi connectivity index (χ3n) is 3.03. The van der Waals surface area contributed by atoms with E-state index in [0.29, 0.717) is 11.4 Å². The van der Waals surface area contributed by atoms with Crippen molar-refractivity contribution in [3.05, 3.63) is 23.8 Å². The summed E-state index contributed by atoms with van der Waals surface area (Å²) in [5.74, 6) is 0.579. The molecule has 0 spiro atoms. The Morgan fingerprint density at radius 2 is 2.37 bits per heavy atom. The monoisotopic (exact) mass is 259 g/mol. The molecular formula is C14H17N3O2. The lowest BCUT2D eigenvalue weighted by Gasteiger charge is -2.23. The fraction of sp³-hybridized carbons (Fsp3) is 0.429. The predicted molar refractivity (Wildman–Crippen MR) is 71.9 cm³/mol. The number of hydrogen-bond donors (Lipinski definition) is 2. The molecule has 2 unspecified atom stereocenters. The zero-order valence-corrected chi connectivity index (χ0v) is 11.1. The van der Waals surface area contributed by atoms with Gasteiger partial charge in [0.15, 0.2) is 6.10 Å². The zero-order chi connectivity index (χ0) is 13.8. The van der Waals surface area contributed by atoms with E-state index in [9.17, 15) is 4.79 Å². The minimum Gasteiger partial charge on any atom is -0.479 e. The van der Waals surface area contributed by atoms with Gasteiger partial charge in [-0.25, -0.2) is 0 Å². The van der Waals surface area contributed by atoms with E-state index >= 15 is 0 Å². The normalized spacial score (nSPS) is 18.8. The molecule has 0 aliphatic carbocycles. The molecule has 2 rings (SSSR count). The van der Waals surface area contributed by atoms with Gasteiger partial charge in [0.2, 0.25) is 0 Å². The summed E-state index contributed by atoms with van der Waals surface area (Å²) in [6, 6.07) is 7.73. The number of carbonyl (C=O) groups excluding carboxylic acids is 1. The molecule has 0 bridgehead atoms. The van der Waals surface area contributed by atoms with Crippen LogP contribution >= 0.6 is 0 Å². The molecule has 0 radical (unpaired) electrons. The number of rotatable bonds is 4. The number of ether oxygens (including phenoxy) is 1. The van der Waals surface area contributed by atoms with Crippen molar-refractivity contribution in [3.63, 3.8) is 0 Å². The zero-order valence-electron chi connectivity index (χ0n) is 11.1. The number of benzene rings is 1. The Morgan fingerprint density at radius 1 is 1.58 bits per heavy atom. The third-order valence-corrected chi connectivity index (χ3v) is 3.03. The molecule has 1 aliphatic rings. The molecule has 19 heavy (non-hydrogen) atoms.